The van der Waals surface area contributed by atoms with E-state index in [0.717, 1.165) is 11.1 Å². The molecule has 0 atom stereocenters. The maximum Gasteiger partial charge on any atom is 0.255 e. The number of methoxy groups -OCH3 is 1. The number of nitrogens with two attached hydrogens (primary N) is 1. The summed E-state index contributed by atoms with van der Waals surface area (Å²) in [7, 11) is 1.56. The molecule has 3 N–H and O–H groups in total. The lowest BCUT2D eigenvalue weighted by Gasteiger charge is -2.14. The number of hydrogen-bond donors (Lipinski definition) is 2. The third-order valence-corrected chi connectivity index (χ3v) is 5.09. The molecule has 6 heteroatoms. The van der Waals surface area contributed by atoms with Crippen molar-refractivity contribution in [1.82, 2.24) is 4.98 Å². The topological polar surface area (TPSA) is 94.3 Å². The maximum atomic E-state index is 13.1. The predicted octanol–water partition coefficient (Wildman–Crippen LogP) is 4.82. The first-order valence-corrected chi connectivity index (χ1v) is 9.96. The minimum absolute atomic E-state index is 0.247. The Bertz CT molecular complexity index is 1250. The molecule has 0 radical (unpaired) electrons. The fraction of sp³-hybridized carbons (Fsp3) is 0.0385. The summed E-state index contributed by atoms with van der Waals surface area (Å²) in [5.74, 6) is 0.0501. The molecule has 0 aliphatic rings. The number of aromatic nitrogens is 1. The summed E-state index contributed by atoms with van der Waals surface area (Å²) in [4.78, 5) is 30.0. The van der Waals surface area contributed by atoms with Gasteiger partial charge in [-0.2, -0.15) is 0 Å². The number of pyridine rings is 1. The first-order chi connectivity index (χ1) is 15.6. The quantitative estimate of drug-likeness (QED) is 0.342. The number of amides is 1. The van der Waals surface area contributed by atoms with Crippen LogP contribution in [0.25, 0.3) is 11.1 Å². The Hall–Kier alpha value is -4.45. The second kappa shape index (κ2) is 9.14. The lowest BCUT2D eigenvalue weighted by molar-refractivity contribution is 0.102. The SMILES string of the molecule is COc1ccc(C(=O)c2cccc(N)c2NC(=O)c2ccc(-c3ccncc3)cc2)cc1. The highest BCUT2D eigenvalue weighted by molar-refractivity contribution is 6.17. The number of benzene rings is 3. The second-order valence-corrected chi connectivity index (χ2v) is 7.09. The van der Waals surface area contributed by atoms with Crippen LogP contribution in [-0.4, -0.2) is 23.8 Å². The normalized spacial score (nSPS) is 10.4. The summed E-state index contributed by atoms with van der Waals surface area (Å²) >= 11 is 0. The van der Waals surface area contributed by atoms with E-state index in [-0.39, 0.29) is 17.4 Å². The van der Waals surface area contributed by atoms with Crippen LogP contribution < -0.4 is 15.8 Å². The number of nitrogen functional groups attached to an aromatic ring is 1. The minimum atomic E-state index is -0.354. The van der Waals surface area contributed by atoms with Crippen LogP contribution in [-0.2, 0) is 0 Å². The number of ketones is 1. The second-order valence-electron chi connectivity index (χ2n) is 7.09. The van der Waals surface area contributed by atoms with Gasteiger partial charge in [-0.1, -0.05) is 18.2 Å². The zero-order valence-corrected chi connectivity index (χ0v) is 17.4. The summed E-state index contributed by atoms with van der Waals surface area (Å²) < 4.78 is 5.14. The molecule has 0 spiro atoms. The Labute approximate surface area is 185 Å². The zero-order valence-electron chi connectivity index (χ0n) is 17.4. The molecule has 1 aromatic heterocycles. The monoisotopic (exact) mass is 423 g/mol. The predicted molar refractivity (Wildman–Crippen MR) is 125 cm³/mol. The van der Waals surface area contributed by atoms with Gasteiger partial charge in [0.15, 0.2) is 5.78 Å². The lowest BCUT2D eigenvalue weighted by atomic mass is 10.00. The summed E-state index contributed by atoms with van der Waals surface area (Å²) in [6.45, 7) is 0. The van der Waals surface area contributed by atoms with Crippen LogP contribution in [0, 0.1) is 0 Å². The van der Waals surface area contributed by atoms with E-state index in [1.807, 2.05) is 24.3 Å². The lowest BCUT2D eigenvalue weighted by Crippen LogP contribution is -2.16. The highest BCUT2D eigenvalue weighted by Crippen LogP contribution is 2.27. The molecule has 0 aliphatic heterocycles. The average Bonchev–Trinajstić information content (AvgIpc) is 2.85. The smallest absolute Gasteiger partial charge is 0.255 e. The molecule has 0 fully saturated rings. The van der Waals surface area contributed by atoms with Crippen LogP contribution >= 0.6 is 0 Å². The fourth-order valence-electron chi connectivity index (χ4n) is 3.34. The van der Waals surface area contributed by atoms with Gasteiger partial charge in [0, 0.05) is 29.1 Å². The van der Waals surface area contributed by atoms with Gasteiger partial charge in [-0.3, -0.25) is 14.6 Å². The largest absolute Gasteiger partial charge is 0.497 e. The number of carbonyl (C=O) groups is 2. The van der Waals surface area contributed by atoms with Crippen molar-refractivity contribution >= 4 is 23.1 Å². The number of para-hydroxylation sites is 1. The van der Waals surface area contributed by atoms with Crippen LogP contribution in [0.3, 0.4) is 0 Å². The van der Waals surface area contributed by atoms with E-state index >= 15 is 0 Å². The van der Waals surface area contributed by atoms with E-state index in [1.165, 1.54) is 0 Å². The summed E-state index contributed by atoms with van der Waals surface area (Å²) in [6.07, 6.45) is 3.44. The molecule has 0 aliphatic carbocycles. The van der Waals surface area contributed by atoms with Crippen LogP contribution in [0.4, 0.5) is 11.4 Å². The van der Waals surface area contributed by atoms with Crippen molar-refractivity contribution < 1.29 is 14.3 Å². The van der Waals surface area contributed by atoms with Crippen molar-refractivity contribution in [3.05, 3.63) is 108 Å². The molecule has 158 valence electrons. The van der Waals surface area contributed by atoms with E-state index in [2.05, 4.69) is 10.3 Å². The minimum Gasteiger partial charge on any atom is -0.497 e. The first kappa shape index (κ1) is 20.8. The molecule has 1 heterocycles. The standard InChI is InChI=1S/C26H21N3O3/c1-32-21-11-9-19(10-12-21)25(30)22-3-2-4-23(27)24(22)29-26(31)20-7-5-17(6-8-20)18-13-15-28-16-14-18/h2-16H,27H2,1H3,(H,29,31). The Morgan fingerprint density at radius 3 is 2.09 bits per heavy atom. The number of carbonyl (C=O) groups excluding carboxylic acids is 2. The Morgan fingerprint density at radius 2 is 1.44 bits per heavy atom. The number of ether oxygens (including phenoxy) is 1. The zero-order chi connectivity index (χ0) is 22.5. The molecular weight excluding hydrogens is 402 g/mol. The van der Waals surface area contributed by atoms with Gasteiger partial charge >= 0.3 is 0 Å². The number of rotatable bonds is 6. The van der Waals surface area contributed by atoms with Gasteiger partial charge in [0.1, 0.15) is 5.75 Å². The molecule has 0 saturated carbocycles. The van der Waals surface area contributed by atoms with E-state index in [0.29, 0.717) is 28.1 Å². The molecule has 0 unspecified atom stereocenters. The fourth-order valence-corrected chi connectivity index (χ4v) is 3.34. The molecular formula is C26H21N3O3. The third kappa shape index (κ3) is 4.34. The van der Waals surface area contributed by atoms with Crippen molar-refractivity contribution in [1.29, 1.82) is 0 Å². The van der Waals surface area contributed by atoms with E-state index in [4.69, 9.17) is 10.5 Å². The van der Waals surface area contributed by atoms with Gasteiger partial charge in [-0.05, 0) is 71.8 Å². The van der Waals surface area contributed by atoms with Crippen molar-refractivity contribution in [3.8, 4) is 16.9 Å². The highest BCUT2D eigenvalue weighted by Gasteiger charge is 2.18. The maximum absolute atomic E-state index is 13.1. The van der Waals surface area contributed by atoms with E-state index < -0.39 is 0 Å². The van der Waals surface area contributed by atoms with Gasteiger partial charge in [0.25, 0.3) is 5.91 Å². The Morgan fingerprint density at radius 1 is 0.812 bits per heavy atom. The third-order valence-electron chi connectivity index (χ3n) is 5.09. The molecule has 0 saturated heterocycles. The molecule has 4 rings (SSSR count). The van der Waals surface area contributed by atoms with Crippen LogP contribution in [0.15, 0.2) is 91.3 Å². The number of anilines is 2. The highest BCUT2D eigenvalue weighted by atomic mass is 16.5. The van der Waals surface area contributed by atoms with Crippen molar-refractivity contribution in [2.24, 2.45) is 0 Å². The first-order valence-electron chi connectivity index (χ1n) is 9.96. The van der Waals surface area contributed by atoms with Crippen LogP contribution in [0.2, 0.25) is 0 Å². The Balaban J connectivity index is 1.59. The van der Waals surface area contributed by atoms with Crippen molar-refractivity contribution in [3.63, 3.8) is 0 Å². The Kier molecular flexibility index (Phi) is 5.94. The molecule has 6 nitrogen and oxygen atoms in total. The molecule has 32 heavy (non-hydrogen) atoms. The van der Waals surface area contributed by atoms with Crippen LogP contribution in [0.5, 0.6) is 5.75 Å². The summed E-state index contributed by atoms with van der Waals surface area (Å²) in [5, 5.41) is 2.81. The molecule has 3 aromatic carbocycles. The van der Waals surface area contributed by atoms with Gasteiger partial charge in [-0.25, -0.2) is 0 Å². The number of nitrogens with one attached hydrogen (secondary N) is 1. The van der Waals surface area contributed by atoms with Gasteiger partial charge in [-0.15, -0.1) is 0 Å². The molecule has 1 amide bonds. The average molecular weight is 423 g/mol. The van der Waals surface area contributed by atoms with Gasteiger partial charge in [0.2, 0.25) is 0 Å². The van der Waals surface area contributed by atoms with Crippen molar-refractivity contribution in [2.75, 3.05) is 18.2 Å². The molecule has 0 bridgehead atoms. The van der Waals surface area contributed by atoms with Crippen molar-refractivity contribution in [2.45, 2.75) is 0 Å². The van der Waals surface area contributed by atoms with Gasteiger partial charge < -0.3 is 15.8 Å². The summed E-state index contributed by atoms with van der Waals surface area (Å²) in [6, 6.07) is 22.7. The van der Waals surface area contributed by atoms with Crippen LogP contribution in [0.1, 0.15) is 26.3 Å². The number of hydrogen-bond acceptors (Lipinski definition) is 5. The number of nitrogens with zero attached hydrogens (tertiary/aromatic N) is 1. The van der Waals surface area contributed by atoms with Gasteiger partial charge in [0.05, 0.1) is 18.5 Å². The molecule has 4 aromatic rings. The van der Waals surface area contributed by atoms with E-state index in [9.17, 15) is 9.59 Å². The summed E-state index contributed by atoms with van der Waals surface area (Å²) in [5.41, 5.74) is 9.93. The van der Waals surface area contributed by atoms with E-state index in [1.54, 1.807) is 74.1 Å².